The third kappa shape index (κ3) is 3.05. The number of thiazole rings is 1. The third-order valence-electron chi connectivity index (χ3n) is 2.70. The van der Waals surface area contributed by atoms with Gasteiger partial charge in [0.15, 0.2) is 0 Å². The van der Waals surface area contributed by atoms with E-state index in [1.165, 1.54) is 17.1 Å². The highest BCUT2D eigenvalue weighted by molar-refractivity contribution is 7.11. The molecule has 2 aromatic heterocycles. The van der Waals surface area contributed by atoms with Crippen LogP contribution in [0.15, 0.2) is 12.3 Å². The first kappa shape index (κ1) is 13.4. The standard InChI is InChI=1S/C12H14N4O2S/c1-7-4-10(16(17)18)5-13-12(7)14-6-11-8(2)19-9(3)15-11/h4-5H,6H2,1-3H3,(H,13,14). The molecular weight excluding hydrogens is 264 g/mol. The molecule has 0 aliphatic rings. The summed E-state index contributed by atoms with van der Waals surface area (Å²) in [5, 5.41) is 14.8. The molecule has 0 atom stereocenters. The van der Waals surface area contributed by atoms with Crippen molar-refractivity contribution in [3.8, 4) is 0 Å². The van der Waals surface area contributed by atoms with Gasteiger partial charge < -0.3 is 5.32 Å². The highest BCUT2D eigenvalue weighted by Gasteiger charge is 2.10. The summed E-state index contributed by atoms with van der Waals surface area (Å²) in [6, 6.07) is 1.51. The first-order valence-corrected chi connectivity index (χ1v) is 6.57. The molecule has 0 saturated carbocycles. The van der Waals surface area contributed by atoms with Gasteiger partial charge in [-0.25, -0.2) is 9.97 Å². The summed E-state index contributed by atoms with van der Waals surface area (Å²) >= 11 is 1.65. The van der Waals surface area contributed by atoms with Gasteiger partial charge in [-0.15, -0.1) is 11.3 Å². The summed E-state index contributed by atoms with van der Waals surface area (Å²) in [5.74, 6) is 0.649. The molecule has 0 spiro atoms. The Balaban J connectivity index is 2.12. The van der Waals surface area contributed by atoms with Gasteiger partial charge >= 0.3 is 0 Å². The number of nitrogens with zero attached hydrogens (tertiary/aromatic N) is 3. The van der Waals surface area contributed by atoms with E-state index in [1.54, 1.807) is 18.3 Å². The number of aromatic nitrogens is 2. The van der Waals surface area contributed by atoms with Crippen molar-refractivity contribution in [3.63, 3.8) is 0 Å². The average molecular weight is 278 g/mol. The number of aryl methyl sites for hydroxylation is 3. The van der Waals surface area contributed by atoms with E-state index in [0.29, 0.717) is 12.4 Å². The second-order valence-electron chi connectivity index (χ2n) is 4.21. The lowest BCUT2D eigenvalue weighted by atomic mass is 10.2. The zero-order valence-electron chi connectivity index (χ0n) is 10.9. The zero-order valence-corrected chi connectivity index (χ0v) is 11.7. The number of pyridine rings is 1. The molecule has 0 saturated heterocycles. The quantitative estimate of drug-likeness (QED) is 0.687. The lowest BCUT2D eigenvalue weighted by Crippen LogP contribution is -2.05. The Hall–Kier alpha value is -2.02. The number of nitrogens with one attached hydrogen (secondary N) is 1. The summed E-state index contributed by atoms with van der Waals surface area (Å²) in [6.45, 7) is 6.36. The molecule has 2 rings (SSSR count). The summed E-state index contributed by atoms with van der Waals surface area (Å²) in [5.41, 5.74) is 1.74. The maximum absolute atomic E-state index is 10.6. The van der Waals surface area contributed by atoms with Crippen molar-refractivity contribution in [2.75, 3.05) is 5.32 Å². The van der Waals surface area contributed by atoms with E-state index in [-0.39, 0.29) is 5.69 Å². The van der Waals surface area contributed by atoms with Gasteiger partial charge in [0.1, 0.15) is 12.0 Å². The molecule has 0 aliphatic carbocycles. The monoisotopic (exact) mass is 278 g/mol. The van der Waals surface area contributed by atoms with Crippen molar-refractivity contribution in [2.45, 2.75) is 27.3 Å². The van der Waals surface area contributed by atoms with Crippen LogP contribution in [0.3, 0.4) is 0 Å². The molecule has 0 unspecified atom stereocenters. The van der Waals surface area contributed by atoms with Crippen LogP contribution in [0.2, 0.25) is 0 Å². The SMILES string of the molecule is Cc1nc(CNc2ncc([N+](=O)[O-])cc2C)c(C)s1. The van der Waals surface area contributed by atoms with Crippen LogP contribution in [-0.4, -0.2) is 14.9 Å². The molecule has 0 aromatic carbocycles. The van der Waals surface area contributed by atoms with Crippen LogP contribution in [0.1, 0.15) is 21.1 Å². The molecule has 100 valence electrons. The van der Waals surface area contributed by atoms with Crippen molar-refractivity contribution in [3.05, 3.63) is 43.5 Å². The Morgan fingerprint density at radius 2 is 2.16 bits per heavy atom. The van der Waals surface area contributed by atoms with Gasteiger partial charge in [-0.3, -0.25) is 10.1 Å². The van der Waals surface area contributed by atoms with Gasteiger partial charge in [-0.2, -0.15) is 0 Å². The minimum absolute atomic E-state index is 0.00346. The van der Waals surface area contributed by atoms with Crippen LogP contribution >= 0.6 is 11.3 Å². The van der Waals surface area contributed by atoms with Crippen molar-refractivity contribution >= 4 is 22.8 Å². The summed E-state index contributed by atoms with van der Waals surface area (Å²) in [6.07, 6.45) is 1.26. The second kappa shape index (κ2) is 5.31. The Morgan fingerprint density at radius 3 is 2.68 bits per heavy atom. The van der Waals surface area contributed by atoms with Gasteiger partial charge in [0.25, 0.3) is 5.69 Å². The first-order chi connectivity index (χ1) is 8.97. The Bertz CT molecular complexity index is 624. The van der Waals surface area contributed by atoms with Crippen LogP contribution in [-0.2, 0) is 6.54 Å². The van der Waals surface area contributed by atoms with Gasteiger partial charge in [0.05, 0.1) is 22.2 Å². The number of anilines is 1. The fraction of sp³-hybridized carbons (Fsp3) is 0.333. The smallest absolute Gasteiger partial charge is 0.287 e. The van der Waals surface area contributed by atoms with Gasteiger partial charge in [-0.05, 0) is 26.3 Å². The van der Waals surface area contributed by atoms with Gasteiger partial charge in [0.2, 0.25) is 0 Å². The number of hydrogen-bond donors (Lipinski definition) is 1. The van der Waals surface area contributed by atoms with E-state index in [0.717, 1.165) is 16.3 Å². The summed E-state index contributed by atoms with van der Waals surface area (Å²) in [4.78, 5) is 19.8. The third-order valence-corrected chi connectivity index (χ3v) is 3.63. The Kier molecular flexibility index (Phi) is 3.75. The van der Waals surface area contributed by atoms with Crippen LogP contribution in [0.25, 0.3) is 0 Å². The molecule has 0 radical (unpaired) electrons. The summed E-state index contributed by atoms with van der Waals surface area (Å²) in [7, 11) is 0. The van der Waals surface area contributed by atoms with Crippen LogP contribution in [0, 0.1) is 30.9 Å². The molecule has 6 nitrogen and oxygen atoms in total. The topological polar surface area (TPSA) is 81.0 Å². The van der Waals surface area contributed by atoms with E-state index < -0.39 is 4.92 Å². The first-order valence-electron chi connectivity index (χ1n) is 5.75. The Labute approximate surface area is 114 Å². The molecule has 2 heterocycles. The number of hydrogen-bond acceptors (Lipinski definition) is 6. The van der Waals surface area contributed by atoms with Crippen molar-refractivity contribution in [1.29, 1.82) is 0 Å². The maximum Gasteiger partial charge on any atom is 0.287 e. The van der Waals surface area contributed by atoms with Crippen molar-refractivity contribution in [1.82, 2.24) is 9.97 Å². The van der Waals surface area contributed by atoms with E-state index in [4.69, 9.17) is 0 Å². The highest BCUT2D eigenvalue weighted by Crippen LogP contribution is 2.20. The highest BCUT2D eigenvalue weighted by atomic mass is 32.1. The minimum Gasteiger partial charge on any atom is -0.364 e. The number of rotatable bonds is 4. The molecular formula is C12H14N4O2S. The second-order valence-corrected chi connectivity index (χ2v) is 5.61. The van der Waals surface area contributed by atoms with Crippen LogP contribution in [0.4, 0.5) is 11.5 Å². The van der Waals surface area contributed by atoms with Crippen LogP contribution < -0.4 is 5.32 Å². The van der Waals surface area contributed by atoms with Gasteiger partial charge in [-0.1, -0.05) is 0 Å². The maximum atomic E-state index is 10.6. The molecule has 19 heavy (non-hydrogen) atoms. The largest absolute Gasteiger partial charge is 0.364 e. The van der Waals surface area contributed by atoms with Crippen molar-refractivity contribution < 1.29 is 4.92 Å². The van der Waals surface area contributed by atoms with Crippen molar-refractivity contribution in [2.24, 2.45) is 0 Å². The fourth-order valence-corrected chi connectivity index (χ4v) is 2.58. The zero-order chi connectivity index (χ0) is 14.0. The molecule has 2 aromatic rings. The predicted molar refractivity (Wildman–Crippen MR) is 74.5 cm³/mol. The minimum atomic E-state index is -0.447. The lowest BCUT2D eigenvalue weighted by Gasteiger charge is -2.07. The van der Waals surface area contributed by atoms with E-state index in [9.17, 15) is 10.1 Å². The molecule has 0 amide bonds. The van der Waals surface area contributed by atoms with E-state index >= 15 is 0 Å². The normalized spacial score (nSPS) is 10.5. The van der Waals surface area contributed by atoms with E-state index in [1.807, 2.05) is 13.8 Å². The molecule has 1 N–H and O–H groups in total. The predicted octanol–water partition coefficient (Wildman–Crippen LogP) is 2.98. The average Bonchev–Trinajstić information content (AvgIpc) is 2.66. The summed E-state index contributed by atoms with van der Waals surface area (Å²) < 4.78 is 0. The fourth-order valence-electron chi connectivity index (χ4n) is 1.75. The molecule has 0 bridgehead atoms. The van der Waals surface area contributed by atoms with Gasteiger partial charge in [0, 0.05) is 10.9 Å². The molecule has 0 fully saturated rings. The molecule has 0 aliphatic heterocycles. The number of nitro groups is 1. The lowest BCUT2D eigenvalue weighted by molar-refractivity contribution is -0.385. The molecule has 7 heteroatoms. The van der Waals surface area contributed by atoms with Crippen LogP contribution in [0.5, 0.6) is 0 Å². The Morgan fingerprint density at radius 1 is 1.42 bits per heavy atom. The van der Waals surface area contributed by atoms with E-state index in [2.05, 4.69) is 15.3 Å².